The molecule has 2 aromatic rings. The first kappa shape index (κ1) is 12.6. The first-order valence-electron chi connectivity index (χ1n) is 5.59. The largest absolute Gasteiger partial charge is 0.321 e. The van der Waals surface area contributed by atoms with E-state index in [2.05, 4.69) is 10.3 Å². The van der Waals surface area contributed by atoms with Crippen LogP contribution in [0.15, 0.2) is 42.5 Å². The van der Waals surface area contributed by atoms with Crippen molar-refractivity contribution in [3.05, 3.63) is 59.4 Å². The lowest BCUT2D eigenvalue weighted by Gasteiger charge is -2.05. The molecule has 1 amide bonds. The number of anilines is 1. The van der Waals surface area contributed by atoms with Gasteiger partial charge in [-0.25, -0.2) is 4.98 Å². The molecule has 0 aliphatic carbocycles. The van der Waals surface area contributed by atoms with Crippen molar-refractivity contribution in [3.8, 4) is 0 Å². The van der Waals surface area contributed by atoms with E-state index in [1.54, 1.807) is 6.07 Å². The summed E-state index contributed by atoms with van der Waals surface area (Å²) in [6.07, 6.45) is 0. The normalized spacial score (nSPS) is 10.1. The van der Waals surface area contributed by atoms with Gasteiger partial charge < -0.3 is 5.32 Å². The highest BCUT2D eigenvalue weighted by atomic mass is 35.5. The van der Waals surface area contributed by atoms with Crippen molar-refractivity contribution in [1.82, 2.24) is 4.98 Å². The average molecular weight is 261 g/mol. The number of aryl methyl sites for hydroxylation is 1. The van der Waals surface area contributed by atoms with Crippen LogP contribution in [-0.4, -0.2) is 10.9 Å². The van der Waals surface area contributed by atoms with E-state index in [0.717, 1.165) is 16.9 Å². The number of nitrogens with zero attached hydrogens (tertiary/aromatic N) is 1. The maximum absolute atomic E-state index is 11.9. The van der Waals surface area contributed by atoms with E-state index in [-0.39, 0.29) is 5.91 Å². The minimum atomic E-state index is -0.211. The van der Waals surface area contributed by atoms with E-state index >= 15 is 0 Å². The van der Waals surface area contributed by atoms with Crippen molar-refractivity contribution in [2.75, 3.05) is 5.32 Å². The number of hydrogen-bond donors (Lipinski definition) is 1. The molecule has 0 unspecified atom stereocenters. The van der Waals surface area contributed by atoms with Crippen LogP contribution in [0.2, 0.25) is 0 Å². The zero-order valence-corrected chi connectivity index (χ0v) is 10.7. The third-order valence-corrected chi connectivity index (χ3v) is 2.80. The molecule has 2 rings (SSSR count). The van der Waals surface area contributed by atoms with E-state index in [0.29, 0.717) is 11.6 Å². The fraction of sp³-hybridized carbons (Fsp3) is 0.143. The van der Waals surface area contributed by atoms with E-state index in [1.165, 1.54) is 0 Å². The molecule has 0 fully saturated rings. The van der Waals surface area contributed by atoms with Gasteiger partial charge >= 0.3 is 0 Å². The predicted octanol–water partition coefficient (Wildman–Crippen LogP) is 3.38. The first-order chi connectivity index (χ1) is 8.69. The molecule has 1 N–H and O–H groups in total. The summed E-state index contributed by atoms with van der Waals surface area (Å²) < 4.78 is 0. The van der Waals surface area contributed by atoms with Crippen LogP contribution in [0.1, 0.15) is 21.7 Å². The summed E-state index contributed by atoms with van der Waals surface area (Å²) in [5, 5.41) is 2.79. The van der Waals surface area contributed by atoms with Crippen molar-refractivity contribution < 1.29 is 4.79 Å². The van der Waals surface area contributed by atoms with Crippen LogP contribution < -0.4 is 5.32 Å². The second kappa shape index (κ2) is 5.65. The van der Waals surface area contributed by atoms with Crippen LogP contribution in [0.3, 0.4) is 0 Å². The van der Waals surface area contributed by atoms with Gasteiger partial charge in [-0.15, -0.1) is 11.6 Å². The molecule has 1 heterocycles. The minimum Gasteiger partial charge on any atom is -0.321 e. The molecule has 92 valence electrons. The van der Waals surface area contributed by atoms with Crippen LogP contribution in [0.25, 0.3) is 0 Å². The van der Waals surface area contributed by atoms with Crippen LogP contribution in [0.5, 0.6) is 0 Å². The molecule has 3 nitrogen and oxygen atoms in total. The Morgan fingerprint density at radius 2 is 1.94 bits per heavy atom. The fourth-order valence-corrected chi connectivity index (χ4v) is 1.72. The van der Waals surface area contributed by atoms with Gasteiger partial charge in [0.1, 0.15) is 5.69 Å². The van der Waals surface area contributed by atoms with Crippen molar-refractivity contribution in [2.24, 2.45) is 0 Å². The second-order valence-electron chi connectivity index (χ2n) is 3.95. The quantitative estimate of drug-likeness (QED) is 0.860. The van der Waals surface area contributed by atoms with Crippen LogP contribution in [0, 0.1) is 6.92 Å². The van der Waals surface area contributed by atoms with Gasteiger partial charge in [0.25, 0.3) is 5.91 Å². The third-order valence-electron chi connectivity index (χ3n) is 2.49. The number of pyridine rings is 1. The summed E-state index contributed by atoms with van der Waals surface area (Å²) in [4.78, 5) is 16.1. The number of benzene rings is 1. The van der Waals surface area contributed by atoms with Crippen LogP contribution in [0.4, 0.5) is 5.69 Å². The van der Waals surface area contributed by atoms with E-state index < -0.39 is 0 Å². The Balaban J connectivity index is 2.11. The number of carbonyl (C=O) groups is 1. The van der Waals surface area contributed by atoms with E-state index in [9.17, 15) is 4.79 Å². The molecule has 0 radical (unpaired) electrons. The summed E-state index contributed by atoms with van der Waals surface area (Å²) in [5.74, 6) is 0.255. The number of hydrogen-bond acceptors (Lipinski definition) is 2. The van der Waals surface area contributed by atoms with Gasteiger partial charge in [0.05, 0.1) is 0 Å². The van der Waals surface area contributed by atoms with Crippen molar-refractivity contribution in [2.45, 2.75) is 12.8 Å². The maximum atomic E-state index is 11.9. The minimum absolute atomic E-state index is 0.211. The van der Waals surface area contributed by atoms with Gasteiger partial charge in [0.15, 0.2) is 0 Å². The first-order valence-corrected chi connectivity index (χ1v) is 6.12. The van der Waals surface area contributed by atoms with Crippen LogP contribution in [-0.2, 0) is 5.88 Å². The Kier molecular flexibility index (Phi) is 3.95. The highest BCUT2D eigenvalue weighted by Crippen LogP contribution is 2.12. The van der Waals surface area contributed by atoms with E-state index in [4.69, 9.17) is 11.6 Å². The SMILES string of the molecule is Cc1cccc(C(=O)Nc2ccc(CCl)cc2)n1. The lowest BCUT2D eigenvalue weighted by atomic mass is 10.2. The number of nitrogens with one attached hydrogen (secondary N) is 1. The zero-order chi connectivity index (χ0) is 13.0. The van der Waals surface area contributed by atoms with Crippen LogP contribution >= 0.6 is 11.6 Å². The number of aromatic nitrogens is 1. The zero-order valence-electron chi connectivity index (χ0n) is 9.98. The topological polar surface area (TPSA) is 42.0 Å². The number of amides is 1. The highest BCUT2D eigenvalue weighted by Gasteiger charge is 2.07. The molecule has 18 heavy (non-hydrogen) atoms. The molecule has 0 bridgehead atoms. The second-order valence-corrected chi connectivity index (χ2v) is 4.22. The Morgan fingerprint density at radius 3 is 2.56 bits per heavy atom. The van der Waals surface area contributed by atoms with Crippen molar-refractivity contribution in [3.63, 3.8) is 0 Å². The van der Waals surface area contributed by atoms with Gasteiger partial charge in [-0.05, 0) is 36.8 Å². The monoisotopic (exact) mass is 260 g/mol. The number of carbonyl (C=O) groups excluding carboxylic acids is 1. The van der Waals surface area contributed by atoms with Gasteiger partial charge in [-0.1, -0.05) is 18.2 Å². The fourth-order valence-electron chi connectivity index (χ4n) is 1.54. The molecule has 0 saturated carbocycles. The Hall–Kier alpha value is -1.87. The molecule has 1 aromatic heterocycles. The smallest absolute Gasteiger partial charge is 0.274 e. The molecule has 4 heteroatoms. The summed E-state index contributed by atoms with van der Waals surface area (Å²) in [6.45, 7) is 1.85. The summed E-state index contributed by atoms with van der Waals surface area (Å²) in [6, 6.07) is 12.8. The van der Waals surface area contributed by atoms with Gasteiger partial charge in [0, 0.05) is 17.3 Å². The maximum Gasteiger partial charge on any atom is 0.274 e. The molecule has 0 aliphatic rings. The molecule has 1 aromatic carbocycles. The van der Waals surface area contributed by atoms with Crippen molar-refractivity contribution >= 4 is 23.2 Å². The summed E-state index contributed by atoms with van der Waals surface area (Å²) >= 11 is 5.70. The lowest BCUT2D eigenvalue weighted by Crippen LogP contribution is -2.13. The molecule has 0 atom stereocenters. The van der Waals surface area contributed by atoms with E-state index in [1.807, 2.05) is 43.3 Å². The molecule has 0 saturated heterocycles. The Labute approximate surface area is 111 Å². The average Bonchev–Trinajstić information content (AvgIpc) is 2.39. The molecule has 0 aliphatic heterocycles. The molecular formula is C14H13ClN2O. The number of rotatable bonds is 3. The standard InChI is InChI=1S/C14H13ClN2O/c1-10-3-2-4-13(16-10)14(18)17-12-7-5-11(9-15)6-8-12/h2-8H,9H2,1H3,(H,17,18). The number of halogens is 1. The predicted molar refractivity (Wildman–Crippen MR) is 72.9 cm³/mol. The molecule has 0 spiro atoms. The van der Waals surface area contributed by atoms with Gasteiger partial charge in [-0.2, -0.15) is 0 Å². The summed E-state index contributed by atoms with van der Waals surface area (Å²) in [7, 11) is 0. The summed E-state index contributed by atoms with van der Waals surface area (Å²) in [5.41, 5.74) is 2.98. The highest BCUT2D eigenvalue weighted by molar-refractivity contribution is 6.17. The Bertz CT molecular complexity index is 552. The third kappa shape index (κ3) is 3.08. The van der Waals surface area contributed by atoms with Gasteiger partial charge in [0.2, 0.25) is 0 Å². The van der Waals surface area contributed by atoms with Crippen molar-refractivity contribution in [1.29, 1.82) is 0 Å². The molecular weight excluding hydrogens is 248 g/mol. The van der Waals surface area contributed by atoms with Gasteiger partial charge in [-0.3, -0.25) is 4.79 Å². The lowest BCUT2D eigenvalue weighted by molar-refractivity contribution is 0.102. The number of alkyl halides is 1. The Morgan fingerprint density at radius 1 is 1.22 bits per heavy atom.